The second kappa shape index (κ2) is 15.4. The summed E-state index contributed by atoms with van der Waals surface area (Å²) in [6, 6.07) is 0. The third-order valence-corrected chi connectivity index (χ3v) is 1.84. The number of ether oxygens (including phenoxy) is 2. The zero-order valence-electron chi connectivity index (χ0n) is 9.81. The number of thiocarbonyl (C=S) groups is 1. The van der Waals surface area contributed by atoms with E-state index in [1.165, 1.54) is 0 Å². The molecule has 4 nitrogen and oxygen atoms in total. The molecule has 0 aromatic carbocycles. The van der Waals surface area contributed by atoms with Gasteiger partial charge in [-0.1, -0.05) is 0 Å². The summed E-state index contributed by atoms with van der Waals surface area (Å²) in [7, 11) is 4.01. The predicted octanol–water partition coefficient (Wildman–Crippen LogP) is 1.10. The van der Waals surface area contributed by atoms with Crippen molar-refractivity contribution < 1.29 is 9.47 Å². The van der Waals surface area contributed by atoms with Crippen LogP contribution in [0.3, 0.4) is 0 Å². The normalized spacial score (nSPS) is 9.25. The summed E-state index contributed by atoms with van der Waals surface area (Å²) in [4.78, 5) is 2.07. The zero-order valence-corrected chi connectivity index (χ0v) is 12.3. The Hall–Kier alpha value is 0.350. The fraction of sp³-hybridized carbons (Fsp3) is 0.889. The minimum absolute atomic E-state index is 0. The van der Waals surface area contributed by atoms with Crippen molar-refractivity contribution in [2.45, 2.75) is 6.42 Å². The Morgan fingerprint density at radius 3 is 2.31 bits per heavy atom. The fourth-order valence-corrected chi connectivity index (χ4v) is 0.962. The molecule has 7 heteroatoms. The number of halogens is 2. The number of rotatable bonds is 8. The Morgan fingerprint density at radius 1 is 1.19 bits per heavy atom. The summed E-state index contributed by atoms with van der Waals surface area (Å²) >= 11 is 5.02. The highest BCUT2D eigenvalue weighted by molar-refractivity contribution is 7.80. The van der Waals surface area contributed by atoms with E-state index in [-0.39, 0.29) is 24.8 Å². The molecule has 0 saturated heterocycles. The van der Waals surface area contributed by atoms with Crippen molar-refractivity contribution in [3.63, 3.8) is 0 Å². The van der Waals surface area contributed by atoms with E-state index in [4.69, 9.17) is 27.4 Å². The van der Waals surface area contributed by atoms with Crippen molar-refractivity contribution in [2.75, 3.05) is 47.0 Å². The van der Waals surface area contributed by atoms with Gasteiger partial charge in [-0.15, -0.1) is 24.8 Å². The van der Waals surface area contributed by atoms with Gasteiger partial charge >= 0.3 is 0 Å². The Morgan fingerprint density at radius 2 is 1.81 bits per heavy atom. The number of hydrogen-bond acceptors (Lipinski definition) is 5. The summed E-state index contributed by atoms with van der Waals surface area (Å²) in [5, 5.41) is 0.648. The van der Waals surface area contributed by atoms with Gasteiger partial charge in [0.05, 0.1) is 13.2 Å². The van der Waals surface area contributed by atoms with Crippen LogP contribution in [-0.4, -0.2) is 57.0 Å². The van der Waals surface area contributed by atoms with Crippen LogP contribution in [0.4, 0.5) is 0 Å². The number of nitrogens with two attached hydrogens (primary N) is 1. The summed E-state index contributed by atoms with van der Waals surface area (Å²) in [6.07, 6.45) is 0.791. The van der Waals surface area contributed by atoms with Crippen LogP contribution in [0.15, 0.2) is 0 Å². The van der Waals surface area contributed by atoms with Crippen LogP contribution in [0.5, 0.6) is 0 Å². The maximum absolute atomic E-state index is 5.28. The highest BCUT2D eigenvalue weighted by Crippen LogP contribution is 1.92. The van der Waals surface area contributed by atoms with Gasteiger partial charge < -0.3 is 20.1 Å². The van der Waals surface area contributed by atoms with Crippen LogP contribution in [0.1, 0.15) is 6.42 Å². The van der Waals surface area contributed by atoms with Gasteiger partial charge in [-0.2, -0.15) is 0 Å². The van der Waals surface area contributed by atoms with Gasteiger partial charge in [0.1, 0.15) is 6.61 Å². The smallest absolute Gasteiger partial charge is 0.161 e. The first kappa shape index (κ1) is 21.6. The molecule has 0 heterocycles. The molecule has 0 saturated carbocycles. The minimum Gasteiger partial charge on any atom is -0.485 e. The molecule has 0 atom stereocenters. The van der Waals surface area contributed by atoms with E-state index in [1.807, 2.05) is 14.1 Å². The van der Waals surface area contributed by atoms with Crippen molar-refractivity contribution in [2.24, 2.45) is 5.73 Å². The van der Waals surface area contributed by atoms with Gasteiger partial charge in [-0.3, -0.25) is 0 Å². The van der Waals surface area contributed by atoms with Gasteiger partial charge in [0, 0.05) is 19.5 Å². The van der Waals surface area contributed by atoms with E-state index in [0.717, 1.165) is 13.0 Å². The molecule has 0 radical (unpaired) electrons. The Balaban J connectivity index is -0.000000845. The van der Waals surface area contributed by atoms with Crippen molar-refractivity contribution in [3.8, 4) is 0 Å². The number of nitrogens with zero attached hydrogens (tertiary/aromatic N) is 1. The van der Waals surface area contributed by atoms with E-state index in [9.17, 15) is 0 Å². The van der Waals surface area contributed by atoms with Gasteiger partial charge in [-0.05, 0) is 26.3 Å². The summed E-state index contributed by atoms with van der Waals surface area (Å²) < 4.78 is 10.4. The molecule has 0 rings (SSSR count). The van der Waals surface area contributed by atoms with Crippen LogP contribution >= 0.6 is 37.0 Å². The Kier molecular flexibility index (Phi) is 20.7. The third-order valence-electron chi connectivity index (χ3n) is 1.52. The van der Waals surface area contributed by atoms with E-state index < -0.39 is 0 Å². The molecule has 0 aromatic rings. The van der Waals surface area contributed by atoms with Gasteiger partial charge in [-0.25, -0.2) is 0 Å². The summed E-state index contributed by atoms with van der Waals surface area (Å²) in [5.74, 6) is 0. The second-order valence-corrected chi connectivity index (χ2v) is 3.63. The van der Waals surface area contributed by atoms with Crippen molar-refractivity contribution in [1.29, 1.82) is 0 Å². The van der Waals surface area contributed by atoms with Crippen molar-refractivity contribution in [1.82, 2.24) is 4.90 Å². The lowest BCUT2D eigenvalue weighted by molar-refractivity contribution is 0.102. The highest BCUT2D eigenvalue weighted by Gasteiger charge is 1.98. The van der Waals surface area contributed by atoms with Crippen LogP contribution in [-0.2, 0) is 9.47 Å². The molecule has 0 aromatic heterocycles. The molecular weight excluding hydrogens is 271 g/mol. The maximum atomic E-state index is 5.28. The van der Waals surface area contributed by atoms with Gasteiger partial charge in [0.15, 0.2) is 5.05 Å². The summed E-state index contributed by atoms with van der Waals surface area (Å²) in [5.41, 5.74) is 5.25. The molecule has 16 heavy (non-hydrogen) atoms. The predicted molar refractivity (Wildman–Crippen MR) is 76.1 cm³/mol. The SMILES string of the molecule is CN(C)CCC(=S)OCCOCCN.Cl.Cl. The Bertz CT molecular complexity index is 162. The molecule has 100 valence electrons. The molecule has 0 amide bonds. The zero-order chi connectivity index (χ0) is 10.8. The lowest BCUT2D eigenvalue weighted by Crippen LogP contribution is -2.18. The monoisotopic (exact) mass is 292 g/mol. The third kappa shape index (κ3) is 16.8. The van der Waals surface area contributed by atoms with Crippen LogP contribution in [0.25, 0.3) is 0 Å². The molecular formula is C9H22Cl2N2O2S. The molecule has 0 aliphatic rings. The van der Waals surface area contributed by atoms with Crippen LogP contribution in [0.2, 0.25) is 0 Å². The van der Waals surface area contributed by atoms with E-state index in [1.54, 1.807) is 0 Å². The van der Waals surface area contributed by atoms with Crippen LogP contribution < -0.4 is 5.73 Å². The lowest BCUT2D eigenvalue weighted by atomic mass is 10.4. The average Bonchev–Trinajstić information content (AvgIpc) is 2.14. The molecule has 0 aliphatic heterocycles. The standard InChI is InChI=1S/C9H20N2O2S.2ClH/c1-11(2)5-3-9(14)13-8-7-12-6-4-10;;/h3-8,10H2,1-2H3;2*1H. The molecule has 0 spiro atoms. The molecule has 0 unspecified atom stereocenters. The van der Waals surface area contributed by atoms with Crippen molar-refractivity contribution in [3.05, 3.63) is 0 Å². The quantitative estimate of drug-likeness (QED) is 0.536. The molecule has 0 fully saturated rings. The van der Waals surface area contributed by atoms with Gasteiger partial charge in [0.2, 0.25) is 0 Å². The molecule has 2 N–H and O–H groups in total. The largest absolute Gasteiger partial charge is 0.485 e. The lowest BCUT2D eigenvalue weighted by Gasteiger charge is -2.11. The maximum Gasteiger partial charge on any atom is 0.161 e. The highest BCUT2D eigenvalue weighted by atomic mass is 35.5. The fourth-order valence-electron chi connectivity index (χ4n) is 0.787. The van der Waals surface area contributed by atoms with Crippen LogP contribution in [0, 0.1) is 0 Å². The molecule has 0 bridgehead atoms. The molecule has 0 aliphatic carbocycles. The Labute approximate surface area is 116 Å². The van der Waals surface area contributed by atoms with E-state index in [0.29, 0.717) is 31.4 Å². The van der Waals surface area contributed by atoms with E-state index >= 15 is 0 Å². The van der Waals surface area contributed by atoms with E-state index in [2.05, 4.69) is 4.90 Å². The summed E-state index contributed by atoms with van der Waals surface area (Å²) in [6.45, 7) is 3.12. The van der Waals surface area contributed by atoms with Crippen molar-refractivity contribution >= 4 is 42.1 Å². The second-order valence-electron chi connectivity index (χ2n) is 3.17. The van der Waals surface area contributed by atoms with Gasteiger partial charge in [0.25, 0.3) is 0 Å². The first-order valence-corrected chi connectivity index (χ1v) is 5.15. The average molecular weight is 293 g/mol. The number of hydrogen-bond donors (Lipinski definition) is 1. The topological polar surface area (TPSA) is 47.7 Å². The first-order valence-electron chi connectivity index (χ1n) is 4.75. The minimum atomic E-state index is 0. The first-order chi connectivity index (χ1) is 6.66.